The first kappa shape index (κ1) is 29.0. The summed E-state index contributed by atoms with van der Waals surface area (Å²) < 4.78 is 4.07. The second kappa shape index (κ2) is 10.4. The summed E-state index contributed by atoms with van der Waals surface area (Å²) in [6, 6.07) is 46.2. The van der Waals surface area contributed by atoms with Gasteiger partial charge in [0.1, 0.15) is 0 Å². The Morgan fingerprint density at radius 1 is 0.462 bits per heavy atom. The number of anilines is 4. The predicted octanol–water partition coefficient (Wildman–Crippen LogP) is 14.2. The normalized spacial score (nSPS) is 14.0. The minimum absolute atomic E-state index is 1.15. The van der Waals surface area contributed by atoms with Crippen molar-refractivity contribution >= 4 is 92.5 Å². The van der Waals surface area contributed by atoms with Crippen molar-refractivity contribution in [1.82, 2.24) is 0 Å². The third-order valence-electron chi connectivity index (χ3n) is 11.8. The van der Waals surface area contributed by atoms with Gasteiger partial charge in [0, 0.05) is 93.9 Å². The number of benzene rings is 7. The number of hydrogen-bond donors (Lipinski definition) is 0. The van der Waals surface area contributed by atoms with Gasteiger partial charge in [-0.25, -0.2) is 0 Å². The van der Waals surface area contributed by atoms with Gasteiger partial charge in [0.15, 0.2) is 0 Å². The minimum atomic E-state index is 1.15. The second-order valence-electron chi connectivity index (χ2n) is 14.5. The maximum absolute atomic E-state index is 2.41. The summed E-state index contributed by atoms with van der Waals surface area (Å²) in [5.74, 6) is 0. The molecule has 52 heavy (non-hydrogen) atoms. The summed E-state index contributed by atoms with van der Waals surface area (Å²) in [5, 5.41) is 6.74. The molecule has 2 nitrogen and oxygen atoms in total. The van der Waals surface area contributed by atoms with E-state index in [0.29, 0.717) is 0 Å². The number of thiophene rings is 2. The molecule has 0 amide bonds. The van der Waals surface area contributed by atoms with Gasteiger partial charge in [-0.2, -0.15) is 0 Å². The Kier molecular flexibility index (Phi) is 5.82. The summed E-state index contributed by atoms with van der Waals surface area (Å²) in [4.78, 5) is 6.33. The van der Waals surface area contributed by atoms with Crippen LogP contribution in [0.1, 0.15) is 16.9 Å². The van der Waals surface area contributed by atoms with Crippen LogP contribution >= 0.6 is 22.7 Å². The van der Waals surface area contributed by atoms with Gasteiger partial charge in [0.2, 0.25) is 0 Å². The number of fused-ring (bicyclic) bond motifs is 10. The molecule has 2 aromatic heterocycles. The van der Waals surface area contributed by atoms with E-state index in [1.54, 1.807) is 0 Å². The van der Waals surface area contributed by atoms with E-state index in [0.717, 1.165) is 12.8 Å². The van der Waals surface area contributed by atoms with E-state index >= 15 is 0 Å². The van der Waals surface area contributed by atoms with Gasteiger partial charge in [0.25, 0.3) is 0 Å². The van der Waals surface area contributed by atoms with Crippen molar-refractivity contribution in [2.24, 2.45) is 0 Å². The number of hydrogen-bond acceptors (Lipinski definition) is 4. The highest BCUT2D eigenvalue weighted by molar-refractivity contribution is 7.25. The van der Waals surface area contributed by atoms with Crippen molar-refractivity contribution in [3.63, 3.8) is 0 Å². The Hall–Kier alpha value is -5.68. The fraction of sp³-hybridized carbons (Fsp3) is 0.0833. The lowest BCUT2D eigenvalue weighted by Crippen LogP contribution is -2.19. The molecule has 1 aliphatic carbocycles. The average molecular weight is 701 g/mol. The Morgan fingerprint density at radius 2 is 1.00 bits per heavy atom. The molecule has 12 rings (SSSR count). The van der Waals surface area contributed by atoms with Crippen molar-refractivity contribution in [3.8, 4) is 44.5 Å². The molecule has 2 aliphatic heterocycles. The van der Waals surface area contributed by atoms with Crippen LogP contribution in [0.25, 0.3) is 91.6 Å². The van der Waals surface area contributed by atoms with E-state index < -0.39 is 0 Å². The van der Waals surface area contributed by atoms with Crippen LogP contribution in [0.5, 0.6) is 0 Å². The van der Waals surface area contributed by atoms with Gasteiger partial charge < -0.3 is 9.80 Å². The third kappa shape index (κ3) is 3.88. The average Bonchev–Trinajstić information content (AvgIpc) is 3.76. The van der Waals surface area contributed by atoms with Gasteiger partial charge in [-0.1, -0.05) is 78.9 Å². The highest BCUT2D eigenvalue weighted by Gasteiger charge is 2.30. The number of rotatable bonds is 2. The molecule has 246 valence electrons. The first-order chi connectivity index (χ1) is 25.6. The molecule has 3 aliphatic rings. The summed E-state index contributed by atoms with van der Waals surface area (Å²) in [6.45, 7) is 0. The highest BCUT2D eigenvalue weighted by Crippen LogP contribution is 2.56. The Labute approximate surface area is 310 Å². The van der Waals surface area contributed by atoms with Crippen molar-refractivity contribution in [2.75, 3.05) is 23.9 Å². The van der Waals surface area contributed by atoms with Crippen molar-refractivity contribution in [3.05, 3.63) is 138 Å². The van der Waals surface area contributed by atoms with Crippen molar-refractivity contribution in [2.45, 2.75) is 12.8 Å². The number of nitrogens with zero attached hydrogens (tertiary/aromatic N) is 2. The molecular formula is C48H32N2S2. The predicted molar refractivity (Wildman–Crippen MR) is 227 cm³/mol. The van der Waals surface area contributed by atoms with E-state index in [-0.39, 0.29) is 0 Å². The van der Waals surface area contributed by atoms with Crippen LogP contribution in [-0.2, 0) is 6.42 Å². The van der Waals surface area contributed by atoms with E-state index in [1.165, 1.54) is 119 Å². The first-order valence-corrected chi connectivity index (χ1v) is 19.7. The zero-order valence-corrected chi connectivity index (χ0v) is 30.5. The molecule has 0 bridgehead atoms. The number of allylic oxidation sites excluding steroid dienone is 1. The van der Waals surface area contributed by atoms with E-state index in [4.69, 9.17) is 0 Å². The monoisotopic (exact) mass is 700 g/mol. The second-order valence-corrected chi connectivity index (χ2v) is 16.7. The van der Waals surface area contributed by atoms with E-state index in [9.17, 15) is 0 Å². The maximum Gasteiger partial charge on any atom is 0.0496 e. The lowest BCUT2D eigenvalue weighted by Gasteiger charge is -2.36. The molecular weight excluding hydrogens is 669 g/mol. The summed E-state index contributed by atoms with van der Waals surface area (Å²) in [5.41, 5.74) is 16.7. The van der Waals surface area contributed by atoms with Crippen LogP contribution in [0.4, 0.5) is 22.7 Å². The smallest absolute Gasteiger partial charge is 0.0496 e. The van der Waals surface area contributed by atoms with Crippen LogP contribution in [-0.4, -0.2) is 14.1 Å². The van der Waals surface area contributed by atoms with Crippen LogP contribution in [0.2, 0.25) is 0 Å². The van der Waals surface area contributed by atoms with Gasteiger partial charge in [0.05, 0.1) is 0 Å². The van der Waals surface area contributed by atoms with Crippen LogP contribution in [0, 0.1) is 0 Å². The molecule has 0 radical (unpaired) electrons. The largest absolute Gasteiger partial charge is 0.344 e. The minimum Gasteiger partial charge on any atom is -0.344 e. The molecule has 7 aromatic carbocycles. The quantitative estimate of drug-likeness (QED) is 0.177. The lowest BCUT2D eigenvalue weighted by molar-refractivity contribution is 1.02. The Bertz CT molecular complexity index is 3070. The van der Waals surface area contributed by atoms with Crippen LogP contribution in [0.3, 0.4) is 0 Å². The summed E-state index contributed by atoms with van der Waals surface area (Å²) in [7, 11) is 4.47. The summed E-state index contributed by atoms with van der Waals surface area (Å²) in [6.07, 6.45) is 6.96. The number of aryl methyl sites for hydroxylation is 1. The summed E-state index contributed by atoms with van der Waals surface area (Å²) >= 11 is 3.83. The highest BCUT2D eigenvalue weighted by atomic mass is 32.1. The zero-order valence-electron chi connectivity index (χ0n) is 28.8. The van der Waals surface area contributed by atoms with Crippen LogP contribution in [0.15, 0.2) is 127 Å². The van der Waals surface area contributed by atoms with E-state index in [1.807, 2.05) is 22.7 Å². The van der Waals surface area contributed by atoms with Gasteiger partial charge >= 0.3 is 0 Å². The zero-order chi connectivity index (χ0) is 34.2. The SMILES string of the molecule is CN1c2cc(-c3ccc4sc5c(c4c3)C=CCC5)ccc2-c2ccc3c4c(ccc1c24)N(C)c1cc(-c2ccc4sc5ccccc5c4c2)ccc1-3. The Balaban J connectivity index is 0.974. The molecule has 4 heteroatoms. The van der Waals surface area contributed by atoms with Gasteiger partial charge in [-0.15, -0.1) is 22.7 Å². The van der Waals surface area contributed by atoms with Crippen LogP contribution < -0.4 is 9.80 Å². The molecule has 0 saturated carbocycles. The van der Waals surface area contributed by atoms with Crippen molar-refractivity contribution in [1.29, 1.82) is 0 Å². The molecule has 0 atom stereocenters. The third-order valence-corrected chi connectivity index (χ3v) is 14.2. The fourth-order valence-corrected chi connectivity index (χ4v) is 11.5. The molecule has 0 unspecified atom stereocenters. The molecule has 0 fully saturated rings. The molecule has 9 aromatic rings. The van der Waals surface area contributed by atoms with Gasteiger partial charge in [-0.3, -0.25) is 0 Å². The first-order valence-electron chi connectivity index (χ1n) is 18.1. The fourth-order valence-electron chi connectivity index (χ4n) is 9.20. The lowest BCUT2D eigenvalue weighted by atomic mass is 9.83. The van der Waals surface area contributed by atoms with E-state index in [2.05, 4.69) is 157 Å². The van der Waals surface area contributed by atoms with Gasteiger partial charge in [-0.05, 0) is 106 Å². The maximum atomic E-state index is 2.41. The topological polar surface area (TPSA) is 6.48 Å². The standard InChI is InChI=1S/C48H32N2S2/c1-49-39-19-20-40-48-36(32-16-12-30(26-42(32)50(40)2)28-14-22-46-38(24-28)34-8-4-6-10-44(34)52-46)18-17-35(47(39)48)31-15-11-29(25-41(31)49)27-13-21-45-37(23-27)33-7-3-5-9-43(33)51-45/h3-5,7-9,11-26H,6,10H2,1-2H3. The Morgan fingerprint density at radius 3 is 1.67 bits per heavy atom. The molecule has 0 saturated heterocycles. The van der Waals surface area contributed by atoms with Crippen molar-refractivity contribution < 1.29 is 0 Å². The molecule has 4 heterocycles. The molecule has 0 N–H and O–H groups in total. The molecule has 0 spiro atoms.